The first-order valence-corrected chi connectivity index (χ1v) is 12.8. The van der Waals surface area contributed by atoms with Crippen LogP contribution >= 0.6 is 0 Å². The van der Waals surface area contributed by atoms with E-state index < -0.39 is 40.6 Å². The van der Waals surface area contributed by atoms with Crippen molar-refractivity contribution in [3.8, 4) is 0 Å². The fourth-order valence-electron chi connectivity index (χ4n) is 4.24. The number of anilines is 1. The summed E-state index contributed by atoms with van der Waals surface area (Å²) in [5.74, 6) is -1.56. The number of carbonyl (C=O) groups is 2. The molecule has 3 rings (SSSR count). The summed E-state index contributed by atoms with van der Waals surface area (Å²) in [6.07, 6.45) is 3.61. The van der Waals surface area contributed by atoms with Crippen LogP contribution in [0.3, 0.4) is 0 Å². The third kappa shape index (κ3) is 7.01. The minimum Gasteiger partial charge on any atom is -0.480 e. The average molecular weight is 509 g/mol. The van der Waals surface area contributed by atoms with E-state index in [4.69, 9.17) is 10.6 Å². The molecule has 0 spiro atoms. The van der Waals surface area contributed by atoms with E-state index in [9.17, 15) is 23.1 Å². The lowest BCUT2D eigenvalue weighted by Crippen LogP contribution is -2.50. The molecule has 12 nitrogen and oxygen atoms in total. The molecule has 1 aromatic carbocycles. The van der Waals surface area contributed by atoms with Gasteiger partial charge in [-0.2, -0.15) is 10.2 Å². The number of hydrogen-bond acceptors (Lipinski definition) is 8. The van der Waals surface area contributed by atoms with Gasteiger partial charge in [0.25, 0.3) is 5.91 Å². The van der Waals surface area contributed by atoms with Crippen molar-refractivity contribution >= 4 is 27.8 Å². The fraction of sp³-hybridized carbons (Fsp3) is 0.500. The van der Waals surface area contributed by atoms with E-state index >= 15 is 0 Å². The van der Waals surface area contributed by atoms with Crippen molar-refractivity contribution in [1.82, 2.24) is 25.5 Å². The number of benzene rings is 1. The van der Waals surface area contributed by atoms with Crippen LogP contribution in [0.15, 0.2) is 23.2 Å². The number of rotatable bonds is 11. The van der Waals surface area contributed by atoms with Gasteiger partial charge in [-0.1, -0.05) is 17.7 Å². The third-order valence-electron chi connectivity index (χ3n) is 5.75. The number of aromatic amines is 1. The number of amides is 1. The third-order valence-corrected chi connectivity index (χ3v) is 7.53. The molecule has 3 unspecified atom stereocenters. The maximum absolute atomic E-state index is 12.9. The maximum Gasteiger partial charge on any atom is 0.323 e. The highest BCUT2D eigenvalue weighted by Gasteiger charge is 2.33. The van der Waals surface area contributed by atoms with Crippen LogP contribution in [-0.2, 0) is 30.9 Å². The van der Waals surface area contributed by atoms with E-state index in [0.717, 1.165) is 30.5 Å². The van der Waals surface area contributed by atoms with Gasteiger partial charge in [0, 0.05) is 25.2 Å². The largest absolute Gasteiger partial charge is 0.480 e. The van der Waals surface area contributed by atoms with Crippen molar-refractivity contribution in [3.05, 3.63) is 40.7 Å². The lowest BCUT2D eigenvalue weighted by molar-refractivity contribution is -0.139. The zero-order valence-electron chi connectivity index (χ0n) is 19.9. The van der Waals surface area contributed by atoms with Crippen LogP contribution in [0.2, 0.25) is 0 Å². The normalized spacial score (nSPS) is 18.9. The number of carbonyl (C=O) groups excluding carboxylic acids is 1. The number of carboxylic acid groups (broad SMARTS) is 1. The highest BCUT2D eigenvalue weighted by Crippen LogP contribution is 2.22. The van der Waals surface area contributed by atoms with E-state index in [1.807, 2.05) is 6.92 Å². The number of imidazole rings is 1. The molecule has 3 atom stereocenters. The molecule has 1 saturated heterocycles. The number of H-pyrrole nitrogens is 1. The standard InChI is InChI=1S/C22H32N6O6S/c1-12-7-13(2)19(14(3)8-12)35(32,33)28-17(21(30)31)11-24-20(29)18-9-15(27-34-18)5-4-6-16-10-25-22(23)26-16/h7-8,10,15,17-18,27-28H,4-6,9,11H2,1-3H3,(H,24,29)(H,30,31)(H3,23,25,26). The summed E-state index contributed by atoms with van der Waals surface area (Å²) in [5.41, 5.74) is 11.2. The lowest BCUT2D eigenvalue weighted by Gasteiger charge is -2.19. The average Bonchev–Trinajstić information content (AvgIpc) is 3.38. The number of nitrogens with one attached hydrogen (secondary N) is 4. The van der Waals surface area contributed by atoms with E-state index in [-0.39, 0.29) is 10.9 Å². The summed E-state index contributed by atoms with van der Waals surface area (Å²) in [5, 5.41) is 12.0. The molecule has 0 bridgehead atoms. The van der Waals surface area contributed by atoms with Crippen molar-refractivity contribution in [2.24, 2.45) is 0 Å². The number of nitrogens with two attached hydrogens (primary N) is 1. The molecule has 1 aliphatic heterocycles. The molecule has 2 aromatic rings. The monoisotopic (exact) mass is 508 g/mol. The molecular weight excluding hydrogens is 476 g/mol. The summed E-state index contributed by atoms with van der Waals surface area (Å²) in [4.78, 5) is 36.6. The highest BCUT2D eigenvalue weighted by atomic mass is 32.2. The van der Waals surface area contributed by atoms with Crippen LogP contribution in [0.4, 0.5) is 5.95 Å². The Morgan fingerprint density at radius 2 is 1.97 bits per heavy atom. The molecule has 0 aliphatic carbocycles. The SMILES string of the molecule is Cc1cc(C)c(S(=O)(=O)NC(CNC(=O)C2CC(CCCc3c[nH]c(N)n3)NO2)C(=O)O)c(C)c1. The van der Waals surface area contributed by atoms with Crippen molar-refractivity contribution in [3.63, 3.8) is 0 Å². The summed E-state index contributed by atoms with van der Waals surface area (Å²) in [6, 6.07) is 1.83. The molecule has 1 aromatic heterocycles. The first-order chi connectivity index (χ1) is 16.5. The van der Waals surface area contributed by atoms with Crippen LogP contribution in [0, 0.1) is 20.8 Å². The molecule has 7 N–H and O–H groups in total. The molecule has 2 heterocycles. The Labute approximate surface area is 204 Å². The highest BCUT2D eigenvalue weighted by molar-refractivity contribution is 7.89. The van der Waals surface area contributed by atoms with E-state index in [1.165, 1.54) is 0 Å². The lowest BCUT2D eigenvalue weighted by atomic mass is 10.0. The number of aryl methyl sites for hydroxylation is 4. The van der Waals surface area contributed by atoms with Crippen molar-refractivity contribution in [2.75, 3.05) is 12.3 Å². The number of nitrogen functional groups attached to an aromatic ring is 1. The first kappa shape index (κ1) is 26.6. The summed E-state index contributed by atoms with van der Waals surface area (Å²) in [6.45, 7) is 4.72. The molecule has 0 radical (unpaired) electrons. The minimum atomic E-state index is -4.13. The van der Waals surface area contributed by atoms with Gasteiger partial charge in [0.15, 0.2) is 12.1 Å². The molecule has 35 heavy (non-hydrogen) atoms. The Morgan fingerprint density at radius 1 is 1.29 bits per heavy atom. The number of carboxylic acids is 1. The Hall–Kier alpha value is -3.00. The summed E-state index contributed by atoms with van der Waals surface area (Å²) < 4.78 is 28.0. The smallest absolute Gasteiger partial charge is 0.323 e. The Bertz CT molecular complexity index is 1160. The molecule has 13 heteroatoms. The Morgan fingerprint density at radius 3 is 2.57 bits per heavy atom. The molecule has 1 amide bonds. The van der Waals surface area contributed by atoms with E-state index in [0.29, 0.717) is 23.5 Å². The van der Waals surface area contributed by atoms with E-state index in [1.54, 1.807) is 32.2 Å². The first-order valence-electron chi connectivity index (χ1n) is 11.3. The van der Waals surface area contributed by atoms with Gasteiger partial charge in [0.2, 0.25) is 10.0 Å². The number of sulfonamides is 1. The Balaban J connectivity index is 1.51. The van der Waals surface area contributed by atoms with Crippen LogP contribution in [0.25, 0.3) is 0 Å². The summed E-state index contributed by atoms with van der Waals surface area (Å²) in [7, 11) is -4.13. The number of nitrogens with zero attached hydrogens (tertiary/aromatic N) is 1. The van der Waals surface area contributed by atoms with Gasteiger partial charge in [0.05, 0.1) is 10.6 Å². The van der Waals surface area contributed by atoms with E-state index in [2.05, 4.69) is 25.5 Å². The molecule has 0 saturated carbocycles. The maximum atomic E-state index is 12.9. The predicted molar refractivity (Wildman–Crippen MR) is 128 cm³/mol. The number of hydroxylamine groups is 1. The van der Waals surface area contributed by atoms with Crippen LogP contribution in [0.1, 0.15) is 41.6 Å². The topological polar surface area (TPSA) is 189 Å². The molecule has 1 aliphatic rings. The second-order valence-corrected chi connectivity index (χ2v) is 10.5. The van der Waals surface area contributed by atoms with Crippen LogP contribution in [0.5, 0.6) is 0 Å². The van der Waals surface area contributed by atoms with Crippen LogP contribution < -0.4 is 21.3 Å². The number of aliphatic carboxylic acids is 1. The van der Waals surface area contributed by atoms with Gasteiger partial charge in [-0.25, -0.2) is 13.4 Å². The van der Waals surface area contributed by atoms with Gasteiger partial charge in [-0.05, 0) is 51.2 Å². The van der Waals surface area contributed by atoms with Crippen molar-refractivity contribution < 1.29 is 28.0 Å². The second-order valence-electron chi connectivity index (χ2n) is 8.81. The van der Waals surface area contributed by atoms with Gasteiger partial charge >= 0.3 is 5.97 Å². The molecular formula is C22H32N6O6S. The van der Waals surface area contributed by atoms with Gasteiger partial charge in [-0.3, -0.25) is 14.4 Å². The zero-order valence-corrected chi connectivity index (χ0v) is 20.7. The molecule has 192 valence electrons. The van der Waals surface area contributed by atoms with Crippen molar-refractivity contribution in [2.45, 2.75) is 69.5 Å². The van der Waals surface area contributed by atoms with Gasteiger partial charge in [-0.15, -0.1) is 0 Å². The summed E-state index contributed by atoms with van der Waals surface area (Å²) >= 11 is 0. The predicted octanol–water partition coefficient (Wildman–Crippen LogP) is 0.450. The van der Waals surface area contributed by atoms with Gasteiger partial charge < -0.3 is 21.1 Å². The van der Waals surface area contributed by atoms with Gasteiger partial charge in [0.1, 0.15) is 6.04 Å². The quantitative estimate of drug-likeness (QED) is 0.250. The number of aromatic nitrogens is 2. The number of hydrogen-bond donors (Lipinski definition) is 6. The Kier molecular flexibility index (Phi) is 8.48. The minimum absolute atomic E-state index is 0.0318. The fourth-order valence-corrected chi connectivity index (χ4v) is 5.88. The van der Waals surface area contributed by atoms with Crippen molar-refractivity contribution in [1.29, 1.82) is 0 Å². The second kappa shape index (κ2) is 11.2. The molecule has 1 fully saturated rings. The van der Waals surface area contributed by atoms with Crippen LogP contribution in [-0.4, -0.2) is 60.1 Å². The zero-order chi connectivity index (χ0) is 25.8.